The zero-order valence-corrected chi connectivity index (χ0v) is 14.4. The highest BCUT2D eigenvalue weighted by Crippen LogP contribution is 2.13. The fourth-order valence-electron chi connectivity index (χ4n) is 2.97. The topological polar surface area (TPSA) is 49.9 Å². The normalized spacial score (nSPS) is 14.4. The highest BCUT2D eigenvalue weighted by atomic mass is 16.5. The Balaban J connectivity index is 1.58. The van der Waals surface area contributed by atoms with Crippen molar-refractivity contribution in [2.75, 3.05) is 33.3 Å². The van der Waals surface area contributed by atoms with Crippen LogP contribution in [0, 0.1) is 0 Å². The van der Waals surface area contributed by atoms with Gasteiger partial charge in [-0.1, -0.05) is 30.3 Å². The summed E-state index contributed by atoms with van der Waals surface area (Å²) < 4.78 is 5.08. The Hall–Kier alpha value is -2.66. The van der Waals surface area contributed by atoms with Crippen molar-refractivity contribution in [1.29, 1.82) is 0 Å². The molecule has 1 fully saturated rings. The summed E-state index contributed by atoms with van der Waals surface area (Å²) in [5.74, 6) is 0.0346. The SMILES string of the molecule is COCc1ccc(C(=O)N2CCN(C(=O)c3ccccc3)CC2)cc1. The molecule has 1 saturated heterocycles. The van der Waals surface area contributed by atoms with Gasteiger partial charge in [0, 0.05) is 44.4 Å². The van der Waals surface area contributed by atoms with Gasteiger partial charge >= 0.3 is 0 Å². The molecule has 1 aliphatic rings. The molecule has 2 aromatic rings. The van der Waals surface area contributed by atoms with Crippen molar-refractivity contribution in [3.8, 4) is 0 Å². The Kier molecular flexibility index (Phi) is 5.46. The molecule has 0 atom stereocenters. The third-order valence-electron chi connectivity index (χ3n) is 4.39. The lowest BCUT2D eigenvalue weighted by Gasteiger charge is -2.35. The first-order valence-electron chi connectivity index (χ1n) is 8.40. The van der Waals surface area contributed by atoms with Crippen LogP contribution in [0.25, 0.3) is 0 Å². The molecule has 0 radical (unpaired) electrons. The van der Waals surface area contributed by atoms with Crippen LogP contribution in [0.1, 0.15) is 26.3 Å². The van der Waals surface area contributed by atoms with Crippen LogP contribution in [0.5, 0.6) is 0 Å². The smallest absolute Gasteiger partial charge is 0.253 e. The van der Waals surface area contributed by atoms with Gasteiger partial charge in [-0.2, -0.15) is 0 Å². The van der Waals surface area contributed by atoms with E-state index in [4.69, 9.17) is 4.74 Å². The molecule has 25 heavy (non-hydrogen) atoms. The van der Waals surface area contributed by atoms with Crippen LogP contribution in [0.3, 0.4) is 0 Å². The molecule has 5 heteroatoms. The summed E-state index contributed by atoms with van der Waals surface area (Å²) in [5.41, 5.74) is 2.40. The number of piperazine rings is 1. The first kappa shape index (κ1) is 17.2. The summed E-state index contributed by atoms with van der Waals surface area (Å²) >= 11 is 0. The number of benzene rings is 2. The number of hydrogen-bond donors (Lipinski definition) is 0. The minimum absolute atomic E-state index is 0.00998. The van der Waals surface area contributed by atoms with Gasteiger partial charge in [0.1, 0.15) is 0 Å². The van der Waals surface area contributed by atoms with E-state index in [2.05, 4.69) is 0 Å². The van der Waals surface area contributed by atoms with Gasteiger partial charge in [0.25, 0.3) is 11.8 Å². The van der Waals surface area contributed by atoms with Crippen molar-refractivity contribution in [2.24, 2.45) is 0 Å². The van der Waals surface area contributed by atoms with Crippen molar-refractivity contribution in [2.45, 2.75) is 6.61 Å². The summed E-state index contributed by atoms with van der Waals surface area (Å²) in [4.78, 5) is 28.7. The summed E-state index contributed by atoms with van der Waals surface area (Å²) in [7, 11) is 1.65. The van der Waals surface area contributed by atoms with Crippen molar-refractivity contribution >= 4 is 11.8 Å². The lowest BCUT2D eigenvalue weighted by atomic mass is 10.1. The van der Waals surface area contributed by atoms with Crippen LogP contribution < -0.4 is 0 Å². The number of rotatable bonds is 4. The van der Waals surface area contributed by atoms with Crippen molar-refractivity contribution in [3.05, 3.63) is 71.3 Å². The first-order valence-corrected chi connectivity index (χ1v) is 8.40. The van der Waals surface area contributed by atoms with Crippen molar-refractivity contribution in [3.63, 3.8) is 0 Å². The van der Waals surface area contributed by atoms with E-state index in [1.807, 2.05) is 54.6 Å². The van der Waals surface area contributed by atoms with Gasteiger partial charge < -0.3 is 14.5 Å². The summed E-state index contributed by atoms with van der Waals surface area (Å²) in [5, 5.41) is 0. The molecule has 2 aromatic carbocycles. The largest absolute Gasteiger partial charge is 0.380 e. The Morgan fingerprint density at radius 2 is 1.28 bits per heavy atom. The van der Waals surface area contributed by atoms with Gasteiger partial charge in [-0.25, -0.2) is 0 Å². The van der Waals surface area contributed by atoms with E-state index < -0.39 is 0 Å². The number of nitrogens with zero attached hydrogens (tertiary/aromatic N) is 2. The molecular formula is C20H22N2O3. The molecule has 130 valence electrons. The van der Waals surface area contributed by atoms with Crippen molar-refractivity contribution < 1.29 is 14.3 Å². The second-order valence-corrected chi connectivity index (χ2v) is 6.08. The van der Waals surface area contributed by atoms with E-state index in [0.717, 1.165) is 5.56 Å². The van der Waals surface area contributed by atoms with E-state index in [9.17, 15) is 9.59 Å². The Bertz CT molecular complexity index is 720. The monoisotopic (exact) mass is 338 g/mol. The molecule has 0 bridgehead atoms. The van der Waals surface area contributed by atoms with E-state index in [1.54, 1.807) is 16.9 Å². The van der Waals surface area contributed by atoms with Crippen molar-refractivity contribution in [1.82, 2.24) is 9.80 Å². The first-order chi connectivity index (χ1) is 12.2. The predicted octanol–water partition coefficient (Wildman–Crippen LogP) is 2.43. The van der Waals surface area contributed by atoms with E-state index in [0.29, 0.717) is 43.9 Å². The Morgan fingerprint density at radius 1 is 0.800 bits per heavy atom. The number of amides is 2. The highest BCUT2D eigenvalue weighted by molar-refractivity contribution is 5.96. The van der Waals surface area contributed by atoms with E-state index >= 15 is 0 Å². The van der Waals surface area contributed by atoms with Gasteiger partial charge in [-0.3, -0.25) is 9.59 Å². The van der Waals surface area contributed by atoms with Crippen LogP contribution in [-0.4, -0.2) is 54.9 Å². The molecule has 0 saturated carbocycles. The second kappa shape index (κ2) is 7.94. The molecule has 0 N–H and O–H groups in total. The van der Waals surface area contributed by atoms with E-state index in [-0.39, 0.29) is 11.8 Å². The van der Waals surface area contributed by atoms with Gasteiger partial charge in [0.15, 0.2) is 0 Å². The molecule has 0 unspecified atom stereocenters. The third kappa shape index (κ3) is 4.06. The second-order valence-electron chi connectivity index (χ2n) is 6.08. The number of carbonyl (C=O) groups excluding carboxylic acids is 2. The molecule has 0 aromatic heterocycles. The molecule has 0 aliphatic carbocycles. The van der Waals surface area contributed by atoms with Gasteiger partial charge in [-0.15, -0.1) is 0 Å². The summed E-state index contributed by atoms with van der Waals surface area (Å²) in [6.45, 7) is 2.76. The standard InChI is InChI=1S/C20H22N2O3/c1-25-15-16-7-9-18(10-8-16)20(24)22-13-11-21(12-14-22)19(23)17-5-3-2-4-6-17/h2-10H,11-15H2,1H3. The Labute approximate surface area is 147 Å². The van der Waals surface area contributed by atoms with Gasteiger partial charge in [0.05, 0.1) is 6.61 Å². The maximum atomic E-state index is 12.6. The van der Waals surface area contributed by atoms with Crippen LogP contribution in [0.4, 0.5) is 0 Å². The lowest BCUT2D eigenvalue weighted by molar-refractivity contribution is 0.0535. The molecule has 1 heterocycles. The van der Waals surface area contributed by atoms with E-state index in [1.165, 1.54) is 0 Å². The fraction of sp³-hybridized carbons (Fsp3) is 0.300. The zero-order valence-electron chi connectivity index (χ0n) is 14.4. The number of methoxy groups -OCH3 is 1. The maximum absolute atomic E-state index is 12.6. The Morgan fingerprint density at radius 3 is 1.76 bits per heavy atom. The average molecular weight is 338 g/mol. The molecular weight excluding hydrogens is 316 g/mol. The number of carbonyl (C=O) groups is 2. The number of ether oxygens (including phenoxy) is 1. The van der Waals surface area contributed by atoms with Gasteiger partial charge in [-0.05, 0) is 29.8 Å². The molecule has 5 nitrogen and oxygen atoms in total. The highest BCUT2D eigenvalue weighted by Gasteiger charge is 2.25. The fourth-order valence-corrected chi connectivity index (χ4v) is 2.97. The molecule has 0 spiro atoms. The molecule has 2 amide bonds. The zero-order chi connectivity index (χ0) is 17.6. The summed E-state index contributed by atoms with van der Waals surface area (Å²) in [6, 6.07) is 16.7. The van der Waals surface area contributed by atoms with Crippen LogP contribution in [0.2, 0.25) is 0 Å². The van der Waals surface area contributed by atoms with Crippen LogP contribution in [0.15, 0.2) is 54.6 Å². The minimum Gasteiger partial charge on any atom is -0.380 e. The lowest BCUT2D eigenvalue weighted by Crippen LogP contribution is -2.50. The average Bonchev–Trinajstić information content (AvgIpc) is 2.68. The van der Waals surface area contributed by atoms with Crippen LogP contribution in [-0.2, 0) is 11.3 Å². The van der Waals surface area contributed by atoms with Gasteiger partial charge in [0.2, 0.25) is 0 Å². The predicted molar refractivity (Wildman–Crippen MR) is 95.4 cm³/mol. The third-order valence-corrected chi connectivity index (χ3v) is 4.39. The maximum Gasteiger partial charge on any atom is 0.253 e. The van der Waals surface area contributed by atoms with Crippen LogP contribution >= 0.6 is 0 Å². The minimum atomic E-state index is 0.00998. The molecule has 3 rings (SSSR count). The summed E-state index contributed by atoms with van der Waals surface area (Å²) in [6.07, 6.45) is 0. The quantitative estimate of drug-likeness (QED) is 0.860. The molecule has 1 aliphatic heterocycles. The number of hydrogen-bond acceptors (Lipinski definition) is 3.